The summed E-state index contributed by atoms with van der Waals surface area (Å²) in [5, 5.41) is 0. The lowest BCUT2D eigenvalue weighted by atomic mass is 10.0. The summed E-state index contributed by atoms with van der Waals surface area (Å²) in [5.41, 5.74) is 1.10. The molecule has 2 amide bonds. The van der Waals surface area contributed by atoms with Gasteiger partial charge in [0.05, 0.1) is 37.1 Å². The Morgan fingerprint density at radius 2 is 1.25 bits per heavy atom. The Hall–Kier alpha value is -3.19. The lowest BCUT2D eigenvalue weighted by Gasteiger charge is -2.51. The van der Waals surface area contributed by atoms with Gasteiger partial charge in [-0.1, -0.05) is 0 Å². The zero-order valence-corrected chi connectivity index (χ0v) is 20.7. The molecule has 2 spiro atoms. The quantitative estimate of drug-likeness (QED) is 0.484. The third kappa shape index (κ3) is 3.05. The maximum atomic E-state index is 14.5. The molecule has 5 saturated heterocycles. The molecule has 0 saturated carbocycles. The fraction of sp³-hybridized carbons (Fsp3) is 0.435. The van der Waals surface area contributed by atoms with E-state index in [-0.39, 0.29) is 12.8 Å². The monoisotopic (exact) mass is 532 g/mol. The topological polar surface area (TPSA) is 129 Å². The first-order valence-corrected chi connectivity index (χ1v) is 12.8. The van der Waals surface area contributed by atoms with Crippen molar-refractivity contribution in [1.82, 2.24) is 9.80 Å². The minimum atomic E-state index is -1.61. The molecular formula is C23H20N2O9S2. The predicted octanol–water partition coefficient (Wildman–Crippen LogP) is 1.91. The van der Waals surface area contributed by atoms with E-state index in [2.05, 4.69) is 0 Å². The van der Waals surface area contributed by atoms with E-state index in [0.29, 0.717) is 11.1 Å². The molecule has 0 radical (unpaired) electrons. The van der Waals surface area contributed by atoms with Crippen LogP contribution < -0.4 is 0 Å². The van der Waals surface area contributed by atoms with Crippen LogP contribution in [0.1, 0.15) is 26.7 Å². The van der Waals surface area contributed by atoms with Gasteiger partial charge in [-0.05, 0) is 46.8 Å². The molecule has 2 bridgehead atoms. The standard InChI is InChI=1S/C23H20N2O9S2/c1-11(26)33-15-3-5-31-9-13-7-22-20(29)25-18-14(10-32-6-4-16(18)34-12(2)27)8-23(25,36-21(30)35-22)19(28)24(22)17(13)15/h3-6,9-10,15-18H,7-8H2,1-2H3/t15?,16?,17?,18?,22-,23-/m0/s1. The van der Waals surface area contributed by atoms with Gasteiger partial charge in [-0.2, -0.15) is 0 Å². The minimum absolute atomic E-state index is 0.00156. The lowest BCUT2D eigenvalue weighted by Crippen LogP contribution is -2.73. The number of hydrogen-bond donors (Lipinski definition) is 0. The Labute approximate surface area is 213 Å². The van der Waals surface area contributed by atoms with Crippen LogP contribution in [0, 0.1) is 0 Å². The highest BCUT2D eigenvalue weighted by molar-refractivity contribution is 8.40. The highest BCUT2D eigenvalue weighted by atomic mass is 32.2. The summed E-state index contributed by atoms with van der Waals surface area (Å²) < 4.78 is 21.5. The number of carbonyl (C=O) groups is 5. The Morgan fingerprint density at radius 1 is 0.833 bits per heavy atom. The molecule has 0 aromatic heterocycles. The van der Waals surface area contributed by atoms with Gasteiger partial charge < -0.3 is 28.7 Å². The number of nitrogens with zero attached hydrogens (tertiary/aromatic N) is 2. The van der Waals surface area contributed by atoms with E-state index in [9.17, 15) is 24.0 Å². The van der Waals surface area contributed by atoms with Crippen molar-refractivity contribution in [3.8, 4) is 0 Å². The van der Waals surface area contributed by atoms with Crippen molar-refractivity contribution in [2.24, 2.45) is 0 Å². The molecule has 0 aromatic rings. The van der Waals surface area contributed by atoms with E-state index in [1.807, 2.05) is 0 Å². The first-order chi connectivity index (χ1) is 17.2. The average molecular weight is 533 g/mol. The van der Waals surface area contributed by atoms with E-state index < -0.39 is 62.2 Å². The molecule has 0 N–H and O–H groups in total. The van der Waals surface area contributed by atoms with Gasteiger partial charge in [-0.3, -0.25) is 24.0 Å². The Kier molecular flexibility index (Phi) is 5.10. The van der Waals surface area contributed by atoms with E-state index >= 15 is 0 Å². The van der Waals surface area contributed by atoms with Crippen LogP contribution in [0.15, 0.2) is 48.3 Å². The SMILES string of the molecule is CC(=O)OC1C=COC=C2C[C@]34SC(=O)S[C@@]5(CC6=COC=CC(OC(C)=O)C6N5C3=O)C(=O)N4C21. The van der Waals surface area contributed by atoms with E-state index in [1.54, 1.807) is 0 Å². The van der Waals surface area contributed by atoms with E-state index in [1.165, 1.54) is 60.8 Å². The highest BCUT2D eigenvalue weighted by Crippen LogP contribution is 2.64. The summed E-state index contributed by atoms with van der Waals surface area (Å²) >= 11 is 1.57. The summed E-state index contributed by atoms with van der Waals surface area (Å²) in [6.07, 6.45) is 6.77. The first kappa shape index (κ1) is 23.2. The first-order valence-electron chi connectivity index (χ1n) is 11.1. The second-order valence-electron chi connectivity index (χ2n) is 9.08. The van der Waals surface area contributed by atoms with Crippen molar-refractivity contribution in [2.75, 3.05) is 0 Å². The van der Waals surface area contributed by atoms with Crippen LogP contribution in [0.25, 0.3) is 0 Å². The van der Waals surface area contributed by atoms with E-state index in [0.717, 1.165) is 23.5 Å². The normalized spacial score (nSPS) is 37.8. The Morgan fingerprint density at radius 3 is 1.64 bits per heavy atom. The second-order valence-corrected chi connectivity index (χ2v) is 11.8. The molecule has 4 unspecified atom stereocenters. The van der Waals surface area contributed by atoms with Crippen molar-refractivity contribution in [2.45, 2.75) is 60.7 Å². The Balaban J connectivity index is 1.52. The molecule has 0 aromatic carbocycles. The molecule has 13 heteroatoms. The molecule has 7 aliphatic heterocycles. The predicted molar refractivity (Wildman–Crippen MR) is 124 cm³/mol. The highest BCUT2D eigenvalue weighted by Gasteiger charge is 2.76. The van der Waals surface area contributed by atoms with E-state index in [4.69, 9.17) is 18.9 Å². The van der Waals surface area contributed by atoms with Gasteiger partial charge in [0.2, 0.25) is 0 Å². The van der Waals surface area contributed by atoms with Crippen molar-refractivity contribution >= 4 is 51.7 Å². The van der Waals surface area contributed by atoms with Crippen LogP contribution in [-0.2, 0) is 38.1 Å². The van der Waals surface area contributed by atoms with Crippen molar-refractivity contribution in [3.05, 3.63) is 48.3 Å². The fourth-order valence-electron chi connectivity index (χ4n) is 5.82. The largest absolute Gasteiger partial charge is 0.473 e. The molecule has 7 rings (SSSR count). The second kappa shape index (κ2) is 7.90. The summed E-state index contributed by atoms with van der Waals surface area (Å²) in [7, 11) is 0. The Bertz CT molecular complexity index is 1150. The van der Waals surface area contributed by atoms with Gasteiger partial charge >= 0.3 is 11.9 Å². The number of fused-ring (bicyclic) bond motifs is 4. The summed E-state index contributed by atoms with van der Waals surface area (Å²) in [6.45, 7) is 2.51. The summed E-state index contributed by atoms with van der Waals surface area (Å²) in [5.74, 6) is -2.06. The number of amides is 2. The minimum Gasteiger partial charge on any atom is -0.473 e. The number of piperazine rings is 1. The van der Waals surface area contributed by atoms with Crippen LogP contribution in [0.4, 0.5) is 4.79 Å². The van der Waals surface area contributed by atoms with Crippen LogP contribution in [-0.4, -0.2) is 72.0 Å². The van der Waals surface area contributed by atoms with Crippen LogP contribution in [0.5, 0.6) is 0 Å². The van der Waals surface area contributed by atoms with Gasteiger partial charge in [0.1, 0.15) is 12.2 Å². The van der Waals surface area contributed by atoms with Crippen molar-refractivity contribution in [3.63, 3.8) is 0 Å². The molecule has 7 heterocycles. The molecule has 36 heavy (non-hydrogen) atoms. The summed E-state index contributed by atoms with van der Waals surface area (Å²) in [6, 6.07) is -1.66. The third-order valence-corrected chi connectivity index (χ3v) is 9.49. The maximum Gasteiger partial charge on any atom is 0.303 e. The number of rotatable bonds is 2. The molecule has 6 atom stereocenters. The smallest absolute Gasteiger partial charge is 0.303 e. The molecule has 11 nitrogen and oxygen atoms in total. The summed E-state index contributed by atoms with van der Waals surface area (Å²) in [4.78, 5) is 65.5. The molecular weight excluding hydrogens is 512 g/mol. The van der Waals surface area contributed by atoms with Gasteiger partial charge in [0.15, 0.2) is 9.74 Å². The molecule has 188 valence electrons. The zero-order chi connectivity index (χ0) is 25.4. The van der Waals surface area contributed by atoms with Gasteiger partial charge in [-0.25, -0.2) is 0 Å². The van der Waals surface area contributed by atoms with Gasteiger partial charge in [0, 0.05) is 26.7 Å². The molecule has 5 fully saturated rings. The third-order valence-electron chi connectivity index (χ3n) is 6.95. The number of esters is 2. The lowest BCUT2D eigenvalue weighted by molar-refractivity contribution is -0.171. The number of thioether (sulfide) groups is 2. The average Bonchev–Trinajstić information content (AvgIpc) is 3.06. The van der Waals surface area contributed by atoms with Gasteiger partial charge in [-0.15, -0.1) is 0 Å². The zero-order valence-electron chi connectivity index (χ0n) is 19.1. The fourth-order valence-corrected chi connectivity index (χ4v) is 8.81. The van der Waals surface area contributed by atoms with Gasteiger partial charge in [0.25, 0.3) is 16.3 Å². The molecule has 0 aliphatic carbocycles. The van der Waals surface area contributed by atoms with Crippen LogP contribution >= 0.6 is 23.5 Å². The number of ether oxygens (including phenoxy) is 4. The maximum absolute atomic E-state index is 14.5. The van der Waals surface area contributed by atoms with Crippen LogP contribution in [0.3, 0.4) is 0 Å². The van der Waals surface area contributed by atoms with Crippen molar-refractivity contribution < 1.29 is 42.9 Å². The molecule has 7 aliphatic rings. The van der Waals surface area contributed by atoms with Crippen molar-refractivity contribution in [1.29, 1.82) is 0 Å². The number of carbonyl (C=O) groups excluding carboxylic acids is 5. The number of hydrogen-bond acceptors (Lipinski definition) is 11. The van der Waals surface area contributed by atoms with Crippen LogP contribution in [0.2, 0.25) is 0 Å².